The fraction of sp³-hybridized carbons (Fsp3) is 0.500. The molecule has 1 fully saturated rings. The number of rotatable bonds is 3. The molecule has 1 aliphatic rings. The average Bonchev–Trinajstić information content (AvgIpc) is 2.85. The van der Waals surface area contributed by atoms with Gasteiger partial charge in [0.25, 0.3) is 0 Å². The monoisotopic (exact) mass is 296 g/mol. The second-order valence-electron chi connectivity index (χ2n) is 7.87. The third kappa shape index (κ3) is 2.92. The number of nitrogens with one attached hydrogen (secondary N) is 1. The van der Waals surface area contributed by atoms with E-state index in [0.29, 0.717) is 0 Å². The molecule has 0 saturated carbocycles. The molecule has 0 atom stereocenters. The number of hydrogen-bond acceptors (Lipinski definition) is 1. The summed E-state index contributed by atoms with van der Waals surface area (Å²) in [5.74, 6) is 1.26. The minimum atomic E-state index is 0.205. The summed E-state index contributed by atoms with van der Waals surface area (Å²) in [5, 5.41) is 0. The van der Waals surface area contributed by atoms with Crippen molar-refractivity contribution in [3.05, 3.63) is 53.7 Å². The maximum Gasteiger partial charge on any atom is 0.106 e. The lowest BCUT2D eigenvalue weighted by Crippen LogP contribution is -2.59. The highest BCUT2D eigenvalue weighted by Gasteiger charge is 2.41. The normalized spacial score (nSPS) is 20.1. The summed E-state index contributed by atoms with van der Waals surface area (Å²) in [6.45, 7) is 9.47. The van der Waals surface area contributed by atoms with E-state index in [2.05, 4.69) is 80.2 Å². The van der Waals surface area contributed by atoms with Gasteiger partial charge in [0.15, 0.2) is 0 Å². The van der Waals surface area contributed by atoms with E-state index in [1.54, 1.807) is 0 Å². The Balaban J connectivity index is 1.86. The van der Waals surface area contributed by atoms with Crippen LogP contribution in [0.5, 0.6) is 0 Å². The van der Waals surface area contributed by atoms with Crippen LogP contribution in [0, 0.1) is 0 Å². The first-order valence-corrected chi connectivity index (χ1v) is 8.40. The summed E-state index contributed by atoms with van der Waals surface area (Å²) in [6.07, 6.45) is 6.98. The molecule has 3 rings (SSSR count). The first-order chi connectivity index (χ1) is 10.4. The molecular formula is C20H28N2. The van der Waals surface area contributed by atoms with Gasteiger partial charge in [0.2, 0.25) is 0 Å². The summed E-state index contributed by atoms with van der Waals surface area (Å²) in [4.78, 5) is 6.13. The van der Waals surface area contributed by atoms with Crippen LogP contribution in [0.25, 0.3) is 0 Å². The molecule has 2 heteroatoms. The second kappa shape index (κ2) is 5.49. The smallest absolute Gasteiger partial charge is 0.106 e. The maximum atomic E-state index is 3.53. The zero-order valence-electron chi connectivity index (χ0n) is 14.3. The quantitative estimate of drug-likeness (QED) is 0.829. The molecule has 2 aromatic rings. The van der Waals surface area contributed by atoms with Gasteiger partial charge in [-0.25, -0.2) is 0 Å². The Morgan fingerprint density at radius 3 is 2.23 bits per heavy atom. The molecule has 1 aliphatic heterocycles. The van der Waals surface area contributed by atoms with Gasteiger partial charge in [-0.3, -0.25) is 0 Å². The van der Waals surface area contributed by atoms with Gasteiger partial charge >= 0.3 is 0 Å². The molecule has 1 aromatic heterocycles. The Bertz CT molecular complexity index is 606. The summed E-state index contributed by atoms with van der Waals surface area (Å²) in [5.41, 5.74) is 3.14. The van der Waals surface area contributed by atoms with Gasteiger partial charge in [0.05, 0.1) is 0 Å². The summed E-state index contributed by atoms with van der Waals surface area (Å²) in [7, 11) is 0. The van der Waals surface area contributed by atoms with Crippen molar-refractivity contribution < 1.29 is 0 Å². The van der Waals surface area contributed by atoms with Gasteiger partial charge in [-0.2, -0.15) is 0 Å². The van der Waals surface area contributed by atoms with Gasteiger partial charge in [-0.15, -0.1) is 0 Å². The molecule has 0 bridgehead atoms. The fourth-order valence-electron chi connectivity index (χ4n) is 4.14. The number of piperidine rings is 1. The fourth-order valence-corrected chi connectivity index (χ4v) is 4.14. The second-order valence-corrected chi connectivity index (χ2v) is 7.87. The molecule has 2 heterocycles. The Kier molecular flexibility index (Phi) is 3.80. The van der Waals surface area contributed by atoms with E-state index in [1.807, 2.05) is 0 Å². The molecule has 1 aromatic carbocycles. The summed E-state index contributed by atoms with van der Waals surface area (Å²) >= 11 is 0. The first-order valence-electron chi connectivity index (χ1n) is 8.40. The maximum absolute atomic E-state index is 3.53. The van der Waals surface area contributed by atoms with Gasteiger partial charge in [-0.1, -0.05) is 30.3 Å². The van der Waals surface area contributed by atoms with Crippen molar-refractivity contribution >= 4 is 5.82 Å². The molecular weight excluding hydrogens is 268 g/mol. The molecule has 0 unspecified atom stereocenters. The highest BCUT2D eigenvalue weighted by molar-refractivity contribution is 5.49. The van der Waals surface area contributed by atoms with Gasteiger partial charge in [0.1, 0.15) is 5.82 Å². The zero-order valence-corrected chi connectivity index (χ0v) is 14.3. The molecule has 0 spiro atoms. The number of nitrogens with zero attached hydrogens (tertiary/aromatic N) is 1. The molecule has 0 aliphatic carbocycles. The molecule has 118 valence electrons. The molecule has 1 N–H and O–H groups in total. The van der Waals surface area contributed by atoms with Crippen LogP contribution in [-0.2, 0) is 6.42 Å². The van der Waals surface area contributed by atoms with Crippen molar-refractivity contribution in [3.63, 3.8) is 0 Å². The third-order valence-electron chi connectivity index (χ3n) is 5.01. The Labute approximate surface area is 134 Å². The number of H-pyrrole nitrogens is 1. The van der Waals surface area contributed by atoms with E-state index in [-0.39, 0.29) is 11.1 Å². The minimum Gasteiger partial charge on any atom is -0.348 e. The predicted molar refractivity (Wildman–Crippen MR) is 94.5 cm³/mol. The topological polar surface area (TPSA) is 19.0 Å². The third-order valence-corrected chi connectivity index (χ3v) is 5.01. The van der Waals surface area contributed by atoms with E-state index in [1.165, 1.54) is 36.2 Å². The average molecular weight is 296 g/mol. The van der Waals surface area contributed by atoms with Gasteiger partial charge in [0, 0.05) is 17.3 Å². The lowest BCUT2D eigenvalue weighted by Gasteiger charge is -2.53. The van der Waals surface area contributed by atoms with Crippen LogP contribution < -0.4 is 4.90 Å². The number of hydrogen-bond donors (Lipinski definition) is 1. The van der Waals surface area contributed by atoms with Crippen molar-refractivity contribution in [1.82, 2.24) is 4.98 Å². The van der Waals surface area contributed by atoms with Crippen molar-refractivity contribution in [2.75, 3.05) is 4.90 Å². The van der Waals surface area contributed by atoms with Crippen LogP contribution in [0.2, 0.25) is 0 Å². The van der Waals surface area contributed by atoms with E-state index < -0.39 is 0 Å². The number of aromatic amines is 1. The van der Waals surface area contributed by atoms with Crippen LogP contribution in [-0.4, -0.2) is 16.1 Å². The molecule has 0 amide bonds. The van der Waals surface area contributed by atoms with Crippen molar-refractivity contribution in [3.8, 4) is 0 Å². The number of aromatic nitrogens is 1. The minimum absolute atomic E-state index is 0.205. The largest absolute Gasteiger partial charge is 0.348 e. The highest BCUT2D eigenvalue weighted by Crippen LogP contribution is 2.41. The Morgan fingerprint density at radius 2 is 1.59 bits per heavy atom. The van der Waals surface area contributed by atoms with E-state index >= 15 is 0 Å². The van der Waals surface area contributed by atoms with Crippen LogP contribution in [0.3, 0.4) is 0 Å². The lowest BCUT2D eigenvalue weighted by atomic mass is 9.80. The Hall–Kier alpha value is -1.70. The van der Waals surface area contributed by atoms with Crippen LogP contribution in [0.15, 0.2) is 42.6 Å². The van der Waals surface area contributed by atoms with Crippen molar-refractivity contribution in [1.29, 1.82) is 0 Å². The van der Waals surface area contributed by atoms with E-state index in [9.17, 15) is 0 Å². The van der Waals surface area contributed by atoms with Crippen molar-refractivity contribution in [2.24, 2.45) is 0 Å². The molecule has 2 nitrogen and oxygen atoms in total. The van der Waals surface area contributed by atoms with E-state index in [4.69, 9.17) is 0 Å². The summed E-state index contributed by atoms with van der Waals surface area (Å²) in [6, 6.07) is 13.0. The van der Waals surface area contributed by atoms with Gasteiger partial charge in [-0.05, 0) is 70.6 Å². The van der Waals surface area contributed by atoms with Crippen molar-refractivity contribution in [2.45, 2.75) is 64.5 Å². The van der Waals surface area contributed by atoms with E-state index in [0.717, 1.165) is 6.42 Å². The van der Waals surface area contributed by atoms with Crippen LogP contribution in [0.4, 0.5) is 5.82 Å². The zero-order chi connectivity index (χ0) is 15.8. The first kappa shape index (κ1) is 15.2. The standard InChI is InChI=1S/C20H28N2/c1-19(2)11-8-12-20(3,4)22(19)18-14-17(15-21-18)13-16-9-6-5-7-10-16/h5-7,9-10,14-15,21H,8,11-13H2,1-4H3. The predicted octanol–water partition coefficient (Wildman–Crippen LogP) is 5.15. The van der Waals surface area contributed by atoms with Crippen LogP contribution in [0.1, 0.15) is 58.1 Å². The van der Waals surface area contributed by atoms with Gasteiger partial charge < -0.3 is 9.88 Å². The van der Waals surface area contributed by atoms with Crippen LogP contribution >= 0.6 is 0 Å². The molecule has 1 saturated heterocycles. The number of anilines is 1. The lowest BCUT2D eigenvalue weighted by molar-refractivity contribution is 0.242. The SMILES string of the molecule is CC1(C)CCCC(C)(C)N1c1cc(Cc2ccccc2)c[nH]1. The highest BCUT2D eigenvalue weighted by atomic mass is 15.3. The molecule has 22 heavy (non-hydrogen) atoms. The summed E-state index contributed by atoms with van der Waals surface area (Å²) < 4.78 is 0. The molecule has 0 radical (unpaired) electrons. The number of benzene rings is 1. The Morgan fingerprint density at radius 1 is 0.955 bits per heavy atom.